The number of hydrogen-bond donors (Lipinski definition) is 1. The highest BCUT2D eigenvalue weighted by atomic mass is 16.5. The summed E-state index contributed by atoms with van der Waals surface area (Å²) in [5.74, 6) is 0.586. The number of ether oxygens (including phenoxy) is 2. The summed E-state index contributed by atoms with van der Waals surface area (Å²) in [5, 5.41) is 3.00. The number of benzene rings is 1. The zero-order chi connectivity index (χ0) is 19.5. The van der Waals surface area contributed by atoms with Crippen LogP contribution in [0.3, 0.4) is 0 Å². The molecule has 0 aliphatic carbocycles. The summed E-state index contributed by atoms with van der Waals surface area (Å²) in [5.41, 5.74) is 1.70. The standard InChI is InChI=1S/C20H26N4O4/c1-14(21-20(26)17-7-4-10-28-17)19-22-15-5-2-3-6-16(15)24(19)13-18(25)23-8-11-27-12-9-23/h2-3,5-6,14,17H,4,7-13H2,1H3,(H,21,26). The molecule has 2 aliphatic heterocycles. The molecule has 2 atom stereocenters. The first-order valence-electron chi connectivity index (χ1n) is 9.86. The van der Waals surface area contributed by atoms with Crippen LogP contribution >= 0.6 is 0 Å². The highest BCUT2D eigenvalue weighted by Crippen LogP contribution is 2.22. The maximum absolute atomic E-state index is 12.8. The zero-order valence-electron chi connectivity index (χ0n) is 16.1. The number of nitrogens with one attached hydrogen (secondary N) is 1. The van der Waals surface area contributed by atoms with E-state index in [-0.39, 0.29) is 24.4 Å². The van der Waals surface area contributed by atoms with E-state index in [0.29, 0.717) is 38.7 Å². The number of imidazole rings is 1. The van der Waals surface area contributed by atoms with E-state index in [9.17, 15) is 9.59 Å². The molecular weight excluding hydrogens is 360 g/mol. The third kappa shape index (κ3) is 3.88. The molecule has 1 aromatic heterocycles. The van der Waals surface area contributed by atoms with Gasteiger partial charge in [-0.05, 0) is 31.9 Å². The van der Waals surface area contributed by atoms with Crippen LogP contribution in [-0.4, -0.2) is 65.3 Å². The number of nitrogens with zero attached hydrogens (tertiary/aromatic N) is 3. The second-order valence-corrected chi connectivity index (χ2v) is 7.27. The molecular formula is C20H26N4O4. The quantitative estimate of drug-likeness (QED) is 0.836. The van der Waals surface area contributed by atoms with Crippen molar-refractivity contribution in [1.82, 2.24) is 19.8 Å². The van der Waals surface area contributed by atoms with Gasteiger partial charge in [-0.2, -0.15) is 0 Å². The lowest BCUT2D eigenvalue weighted by Crippen LogP contribution is -2.42. The van der Waals surface area contributed by atoms with Gasteiger partial charge in [0.15, 0.2) is 0 Å². The molecule has 8 heteroatoms. The number of hydrogen-bond acceptors (Lipinski definition) is 5. The molecule has 2 aliphatic rings. The van der Waals surface area contributed by atoms with Gasteiger partial charge >= 0.3 is 0 Å². The van der Waals surface area contributed by atoms with Crippen LogP contribution in [0.4, 0.5) is 0 Å². The minimum atomic E-state index is -0.393. The Hall–Kier alpha value is -2.45. The third-order valence-electron chi connectivity index (χ3n) is 5.31. The molecule has 0 saturated carbocycles. The zero-order valence-corrected chi connectivity index (χ0v) is 16.1. The van der Waals surface area contributed by atoms with Crippen LogP contribution in [-0.2, 0) is 25.6 Å². The lowest BCUT2D eigenvalue weighted by Gasteiger charge is -2.27. The SMILES string of the molecule is CC(NC(=O)C1CCCO1)c1nc2ccccc2n1CC(=O)N1CCOCC1. The van der Waals surface area contributed by atoms with Crippen molar-refractivity contribution in [2.24, 2.45) is 0 Å². The molecule has 8 nitrogen and oxygen atoms in total. The first kappa shape index (κ1) is 18.9. The normalized spacial score (nSPS) is 21.0. The molecule has 2 unspecified atom stereocenters. The molecule has 0 bridgehead atoms. The molecule has 4 rings (SSSR count). The van der Waals surface area contributed by atoms with Crippen molar-refractivity contribution >= 4 is 22.8 Å². The summed E-state index contributed by atoms with van der Waals surface area (Å²) < 4.78 is 12.7. The number of carbonyl (C=O) groups excluding carboxylic acids is 2. The molecule has 2 saturated heterocycles. The summed E-state index contributed by atoms with van der Waals surface area (Å²) in [6.45, 7) is 5.05. The van der Waals surface area contributed by atoms with Gasteiger partial charge in [-0.3, -0.25) is 9.59 Å². The largest absolute Gasteiger partial charge is 0.378 e. The number of fused-ring (bicyclic) bond motifs is 1. The number of aromatic nitrogens is 2. The maximum Gasteiger partial charge on any atom is 0.249 e. The van der Waals surface area contributed by atoms with Gasteiger partial charge < -0.3 is 24.3 Å². The average molecular weight is 386 g/mol. The van der Waals surface area contributed by atoms with Crippen LogP contribution in [0.1, 0.15) is 31.6 Å². The summed E-state index contributed by atoms with van der Waals surface area (Å²) in [6, 6.07) is 7.39. The van der Waals surface area contributed by atoms with E-state index < -0.39 is 6.10 Å². The molecule has 28 heavy (non-hydrogen) atoms. The molecule has 150 valence electrons. The van der Waals surface area contributed by atoms with Crippen LogP contribution in [0.2, 0.25) is 0 Å². The number of amides is 2. The highest BCUT2D eigenvalue weighted by molar-refractivity contribution is 5.83. The fraction of sp³-hybridized carbons (Fsp3) is 0.550. The summed E-state index contributed by atoms with van der Waals surface area (Å²) in [4.78, 5) is 31.8. The summed E-state index contributed by atoms with van der Waals surface area (Å²) >= 11 is 0. The van der Waals surface area contributed by atoms with E-state index in [2.05, 4.69) is 5.32 Å². The molecule has 2 fully saturated rings. The fourth-order valence-electron chi connectivity index (χ4n) is 3.79. The van der Waals surface area contributed by atoms with Gasteiger partial charge in [0.25, 0.3) is 0 Å². The second kappa shape index (κ2) is 8.28. The molecule has 0 spiro atoms. The van der Waals surface area contributed by atoms with Gasteiger partial charge in [0.05, 0.1) is 30.3 Å². The molecule has 0 radical (unpaired) electrons. The predicted octanol–water partition coefficient (Wildman–Crippen LogP) is 1.25. The fourth-order valence-corrected chi connectivity index (χ4v) is 3.79. The molecule has 3 heterocycles. The Labute approximate surface area is 163 Å². The van der Waals surface area contributed by atoms with Crippen LogP contribution < -0.4 is 5.32 Å². The lowest BCUT2D eigenvalue weighted by atomic mass is 10.2. The summed E-state index contributed by atoms with van der Waals surface area (Å²) in [6.07, 6.45) is 1.25. The molecule has 2 aromatic rings. The number of para-hydroxylation sites is 2. The number of morpholine rings is 1. The van der Waals surface area contributed by atoms with E-state index in [4.69, 9.17) is 14.5 Å². The Bertz CT molecular complexity index is 853. The average Bonchev–Trinajstić information content (AvgIpc) is 3.37. The van der Waals surface area contributed by atoms with Crippen LogP contribution in [0.25, 0.3) is 11.0 Å². The van der Waals surface area contributed by atoms with Gasteiger partial charge in [0.2, 0.25) is 11.8 Å². The van der Waals surface area contributed by atoms with Gasteiger partial charge in [-0.1, -0.05) is 12.1 Å². The van der Waals surface area contributed by atoms with Crippen LogP contribution in [0, 0.1) is 0 Å². The second-order valence-electron chi connectivity index (χ2n) is 7.27. The minimum Gasteiger partial charge on any atom is -0.378 e. The van der Waals surface area contributed by atoms with Crippen molar-refractivity contribution in [2.45, 2.75) is 38.5 Å². The van der Waals surface area contributed by atoms with Gasteiger partial charge in [0.1, 0.15) is 18.5 Å². The van der Waals surface area contributed by atoms with Crippen molar-refractivity contribution in [1.29, 1.82) is 0 Å². The maximum atomic E-state index is 12.8. The molecule has 1 N–H and O–H groups in total. The van der Waals surface area contributed by atoms with Gasteiger partial charge in [0, 0.05) is 19.7 Å². The Morgan fingerprint density at radius 3 is 2.79 bits per heavy atom. The Balaban J connectivity index is 1.57. The van der Waals surface area contributed by atoms with Crippen LogP contribution in [0.5, 0.6) is 0 Å². The Kier molecular flexibility index (Phi) is 5.59. The van der Waals surface area contributed by atoms with Crippen molar-refractivity contribution in [3.05, 3.63) is 30.1 Å². The molecule has 2 amide bonds. The topological polar surface area (TPSA) is 85.7 Å². The van der Waals surface area contributed by atoms with E-state index in [1.54, 1.807) is 0 Å². The van der Waals surface area contributed by atoms with Crippen molar-refractivity contribution in [3.8, 4) is 0 Å². The number of rotatable bonds is 5. The minimum absolute atomic E-state index is 0.0327. The first-order valence-corrected chi connectivity index (χ1v) is 9.86. The van der Waals surface area contributed by atoms with E-state index >= 15 is 0 Å². The highest BCUT2D eigenvalue weighted by Gasteiger charge is 2.27. The third-order valence-corrected chi connectivity index (χ3v) is 5.31. The predicted molar refractivity (Wildman–Crippen MR) is 103 cm³/mol. The monoisotopic (exact) mass is 386 g/mol. The van der Waals surface area contributed by atoms with Crippen LogP contribution in [0.15, 0.2) is 24.3 Å². The summed E-state index contributed by atoms with van der Waals surface area (Å²) in [7, 11) is 0. The van der Waals surface area contributed by atoms with Crippen molar-refractivity contribution in [2.75, 3.05) is 32.9 Å². The van der Waals surface area contributed by atoms with Crippen molar-refractivity contribution < 1.29 is 19.1 Å². The van der Waals surface area contributed by atoms with Gasteiger partial charge in [-0.25, -0.2) is 4.98 Å². The number of carbonyl (C=O) groups is 2. The lowest BCUT2D eigenvalue weighted by molar-refractivity contribution is -0.135. The van der Waals surface area contributed by atoms with Crippen molar-refractivity contribution in [3.63, 3.8) is 0 Å². The Morgan fingerprint density at radius 2 is 2.04 bits per heavy atom. The van der Waals surface area contributed by atoms with Gasteiger partial charge in [-0.15, -0.1) is 0 Å². The Morgan fingerprint density at radius 1 is 1.25 bits per heavy atom. The molecule has 1 aromatic carbocycles. The van der Waals surface area contributed by atoms with E-state index in [1.807, 2.05) is 40.7 Å². The first-order chi connectivity index (χ1) is 13.6. The van der Waals surface area contributed by atoms with E-state index in [0.717, 1.165) is 23.9 Å². The van der Waals surface area contributed by atoms with E-state index in [1.165, 1.54) is 0 Å². The smallest absolute Gasteiger partial charge is 0.249 e.